The van der Waals surface area contributed by atoms with Gasteiger partial charge in [-0.3, -0.25) is 9.59 Å². The molecule has 1 aromatic heterocycles. The predicted octanol–water partition coefficient (Wildman–Crippen LogP) is 3.92. The smallest absolute Gasteiger partial charge is 0.325 e. The highest BCUT2D eigenvalue weighted by atomic mass is 16.5. The van der Waals surface area contributed by atoms with Gasteiger partial charge in [0.25, 0.3) is 5.91 Å². The number of amides is 1. The van der Waals surface area contributed by atoms with Crippen molar-refractivity contribution in [3.8, 4) is 0 Å². The Morgan fingerprint density at radius 3 is 2.59 bits per heavy atom. The monoisotopic (exact) mass is 428 g/mol. The van der Waals surface area contributed by atoms with E-state index in [0.29, 0.717) is 6.61 Å². The zero-order valence-corrected chi connectivity index (χ0v) is 17.7. The molecule has 162 valence electrons. The summed E-state index contributed by atoms with van der Waals surface area (Å²) in [6.07, 6.45) is 3.41. The Balaban J connectivity index is 1.41. The quantitative estimate of drug-likeness (QED) is 0.253. The molecule has 0 radical (unpaired) electrons. The van der Waals surface area contributed by atoms with Crippen molar-refractivity contribution in [2.24, 2.45) is 5.10 Å². The van der Waals surface area contributed by atoms with Crippen LogP contribution < -0.4 is 10.7 Å². The number of benzene rings is 3. The van der Waals surface area contributed by atoms with Crippen LogP contribution in [0.25, 0.3) is 21.7 Å². The summed E-state index contributed by atoms with van der Waals surface area (Å²) in [6.45, 7) is 2.33. The van der Waals surface area contributed by atoms with E-state index < -0.39 is 0 Å². The summed E-state index contributed by atoms with van der Waals surface area (Å²) >= 11 is 0. The average molecular weight is 428 g/mol. The predicted molar refractivity (Wildman–Crippen MR) is 127 cm³/mol. The van der Waals surface area contributed by atoms with Crippen LogP contribution in [0.15, 0.2) is 78.0 Å². The number of rotatable bonds is 8. The van der Waals surface area contributed by atoms with E-state index in [2.05, 4.69) is 15.8 Å². The second-order valence-corrected chi connectivity index (χ2v) is 7.21. The highest BCUT2D eigenvalue weighted by molar-refractivity contribution is 6.00. The third-order valence-electron chi connectivity index (χ3n) is 5.05. The highest BCUT2D eigenvalue weighted by Crippen LogP contribution is 2.22. The van der Waals surface area contributed by atoms with Crippen LogP contribution in [0.2, 0.25) is 0 Å². The first-order chi connectivity index (χ1) is 15.7. The van der Waals surface area contributed by atoms with Gasteiger partial charge < -0.3 is 14.6 Å². The third kappa shape index (κ3) is 4.78. The second-order valence-electron chi connectivity index (χ2n) is 7.21. The first-order valence-electron chi connectivity index (χ1n) is 10.4. The van der Waals surface area contributed by atoms with E-state index in [1.807, 2.05) is 77.5 Å². The lowest BCUT2D eigenvalue weighted by Crippen LogP contribution is -2.25. The molecule has 1 heterocycles. The topological polar surface area (TPSA) is 84.7 Å². The Bertz CT molecular complexity index is 1290. The second kappa shape index (κ2) is 9.78. The van der Waals surface area contributed by atoms with E-state index in [1.54, 1.807) is 13.1 Å². The Labute approximate surface area is 185 Å². The van der Waals surface area contributed by atoms with E-state index in [4.69, 9.17) is 4.74 Å². The fourth-order valence-corrected chi connectivity index (χ4v) is 3.62. The van der Waals surface area contributed by atoms with E-state index >= 15 is 0 Å². The minimum absolute atomic E-state index is 0.0932. The molecular weight excluding hydrogens is 404 g/mol. The van der Waals surface area contributed by atoms with Gasteiger partial charge in [-0.1, -0.05) is 54.6 Å². The average Bonchev–Trinajstić information content (AvgIpc) is 3.15. The molecule has 0 aliphatic carbocycles. The van der Waals surface area contributed by atoms with Crippen molar-refractivity contribution in [1.82, 2.24) is 9.99 Å². The molecule has 0 saturated heterocycles. The SMILES string of the molecule is CCOC(=O)Cn1cc(/C=N\NC(=O)CNc2cccc3ccccc23)c2ccccc21. The molecule has 4 rings (SSSR count). The lowest BCUT2D eigenvalue weighted by Gasteiger charge is -2.08. The number of para-hydroxylation sites is 1. The van der Waals surface area contributed by atoms with Gasteiger partial charge in [-0.25, -0.2) is 5.43 Å². The minimum atomic E-state index is -0.301. The zero-order chi connectivity index (χ0) is 22.3. The Morgan fingerprint density at radius 2 is 1.75 bits per heavy atom. The summed E-state index contributed by atoms with van der Waals surface area (Å²) < 4.78 is 6.87. The maximum Gasteiger partial charge on any atom is 0.325 e. The molecule has 7 heteroatoms. The molecule has 0 saturated carbocycles. The Morgan fingerprint density at radius 1 is 1.00 bits per heavy atom. The fourth-order valence-electron chi connectivity index (χ4n) is 3.62. The van der Waals surface area contributed by atoms with Crippen LogP contribution in [-0.2, 0) is 20.9 Å². The molecule has 0 bridgehead atoms. The van der Waals surface area contributed by atoms with Crippen LogP contribution in [0.1, 0.15) is 12.5 Å². The van der Waals surface area contributed by atoms with Gasteiger partial charge in [0.05, 0.1) is 19.4 Å². The highest BCUT2D eigenvalue weighted by Gasteiger charge is 2.10. The van der Waals surface area contributed by atoms with Crippen molar-refractivity contribution in [1.29, 1.82) is 0 Å². The summed E-state index contributed by atoms with van der Waals surface area (Å²) in [6, 6.07) is 21.6. The molecule has 0 atom stereocenters. The molecule has 0 aliphatic heterocycles. The molecule has 0 unspecified atom stereocenters. The van der Waals surface area contributed by atoms with Gasteiger partial charge in [-0.2, -0.15) is 5.10 Å². The molecule has 0 fully saturated rings. The molecule has 32 heavy (non-hydrogen) atoms. The van der Waals surface area contributed by atoms with Gasteiger partial charge in [-0.15, -0.1) is 0 Å². The summed E-state index contributed by atoms with van der Waals surface area (Å²) in [7, 11) is 0. The molecule has 2 N–H and O–H groups in total. The number of carbonyl (C=O) groups is 2. The lowest BCUT2D eigenvalue weighted by atomic mass is 10.1. The van der Waals surface area contributed by atoms with Crippen molar-refractivity contribution in [2.75, 3.05) is 18.5 Å². The number of hydrogen-bond donors (Lipinski definition) is 2. The Hall–Kier alpha value is -4.13. The number of esters is 1. The van der Waals surface area contributed by atoms with Gasteiger partial charge in [0.15, 0.2) is 0 Å². The summed E-state index contributed by atoms with van der Waals surface area (Å²) in [5.41, 5.74) is 5.14. The zero-order valence-electron chi connectivity index (χ0n) is 17.7. The van der Waals surface area contributed by atoms with Gasteiger partial charge in [0.2, 0.25) is 0 Å². The van der Waals surface area contributed by atoms with Gasteiger partial charge in [-0.05, 0) is 24.4 Å². The third-order valence-corrected chi connectivity index (χ3v) is 5.05. The van der Waals surface area contributed by atoms with Crippen molar-refractivity contribution in [3.05, 3.63) is 78.5 Å². The molecule has 4 aromatic rings. The number of ether oxygens (including phenoxy) is 1. The van der Waals surface area contributed by atoms with Crippen LogP contribution in [0.5, 0.6) is 0 Å². The van der Waals surface area contributed by atoms with E-state index in [1.165, 1.54) is 0 Å². The van der Waals surface area contributed by atoms with Crippen LogP contribution in [-0.4, -0.2) is 35.8 Å². The van der Waals surface area contributed by atoms with Crippen LogP contribution >= 0.6 is 0 Å². The number of nitrogens with zero attached hydrogens (tertiary/aromatic N) is 2. The fraction of sp³-hybridized carbons (Fsp3) is 0.160. The number of fused-ring (bicyclic) bond motifs is 2. The molecule has 7 nitrogen and oxygen atoms in total. The molecule has 0 aliphatic rings. The standard InChI is InChI=1S/C25H24N4O3/c1-2-32-25(31)17-29-16-19(21-11-5-6-13-23(21)29)14-27-28-24(30)15-26-22-12-7-9-18-8-3-4-10-20(18)22/h3-14,16,26H,2,15,17H2,1H3,(H,28,30)/b27-14-. The summed E-state index contributed by atoms with van der Waals surface area (Å²) in [5.74, 6) is -0.561. The maximum atomic E-state index is 12.3. The van der Waals surface area contributed by atoms with E-state index in [9.17, 15) is 9.59 Å². The van der Waals surface area contributed by atoms with Gasteiger partial charge >= 0.3 is 5.97 Å². The van der Waals surface area contributed by atoms with Crippen LogP contribution in [0.3, 0.4) is 0 Å². The number of hydrogen-bond acceptors (Lipinski definition) is 5. The lowest BCUT2D eigenvalue weighted by molar-refractivity contribution is -0.143. The first-order valence-corrected chi connectivity index (χ1v) is 10.4. The van der Waals surface area contributed by atoms with E-state index in [0.717, 1.165) is 32.9 Å². The molecular formula is C25H24N4O3. The van der Waals surface area contributed by atoms with Gasteiger partial charge in [0, 0.05) is 33.7 Å². The van der Waals surface area contributed by atoms with Crippen molar-refractivity contribution < 1.29 is 14.3 Å². The number of hydrazone groups is 1. The Kier molecular flexibility index (Phi) is 6.46. The van der Waals surface area contributed by atoms with E-state index in [-0.39, 0.29) is 25.0 Å². The number of anilines is 1. The first kappa shape index (κ1) is 21.1. The largest absolute Gasteiger partial charge is 0.465 e. The minimum Gasteiger partial charge on any atom is -0.465 e. The van der Waals surface area contributed by atoms with Crippen molar-refractivity contribution >= 4 is 45.5 Å². The van der Waals surface area contributed by atoms with Crippen molar-refractivity contribution in [3.63, 3.8) is 0 Å². The normalized spacial score (nSPS) is 11.2. The molecule has 1 amide bonds. The number of nitrogens with one attached hydrogen (secondary N) is 2. The van der Waals surface area contributed by atoms with Crippen LogP contribution in [0, 0.1) is 0 Å². The molecule has 3 aromatic carbocycles. The molecule has 0 spiro atoms. The number of carbonyl (C=O) groups excluding carboxylic acids is 2. The summed E-state index contributed by atoms with van der Waals surface area (Å²) in [5, 5.41) is 10.4. The van der Waals surface area contributed by atoms with Crippen molar-refractivity contribution in [2.45, 2.75) is 13.5 Å². The maximum absolute atomic E-state index is 12.3. The summed E-state index contributed by atoms with van der Waals surface area (Å²) in [4.78, 5) is 24.2. The van der Waals surface area contributed by atoms with Gasteiger partial charge in [0.1, 0.15) is 6.54 Å². The van der Waals surface area contributed by atoms with Crippen LogP contribution in [0.4, 0.5) is 5.69 Å². The number of aromatic nitrogens is 1.